The van der Waals surface area contributed by atoms with E-state index < -0.39 is 11.6 Å². The molecule has 0 fully saturated rings. The Morgan fingerprint density at radius 2 is 1.71 bits per heavy atom. The average molecular weight is 624 g/mol. The molecule has 2 aromatic rings. The third-order valence-electron chi connectivity index (χ3n) is 7.70. The third-order valence-corrected chi connectivity index (χ3v) is 7.70. The van der Waals surface area contributed by atoms with Gasteiger partial charge in [-0.15, -0.1) is 0 Å². The molecule has 1 aromatic heterocycles. The lowest BCUT2D eigenvalue weighted by Crippen LogP contribution is -2.49. The summed E-state index contributed by atoms with van der Waals surface area (Å²) in [5.41, 5.74) is 1.07. The van der Waals surface area contributed by atoms with E-state index >= 15 is 0 Å². The topological polar surface area (TPSA) is 113 Å². The van der Waals surface area contributed by atoms with E-state index in [1.165, 1.54) is 4.90 Å². The van der Waals surface area contributed by atoms with Crippen molar-refractivity contribution in [3.63, 3.8) is 0 Å². The first-order chi connectivity index (χ1) is 21.3. The fourth-order valence-corrected chi connectivity index (χ4v) is 5.10. The predicted molar refractivity (Wildman–Crippen MR) is 172 cm³/mol. The minimum Gasteiger partial charge on any atom is -0.493 e. The summed E-state index contributed by atoms with van der Waals surface area (Å²) in [6, 6.07) is 9.79. The highest BCUT2D eigenvalue weighted by molar-refractivity contribution is 5.99. The van der Waals surface area contributed by atoms with E-state index in [1.807, 2.05) is 27.7 Å². The molecule has 0 aliphatic carbocycles. The van der Waals surface area contributed by atoms with Crippen LogP contribution in [0.4, 0.5) is 4.79 Å². The van der Waals surface area contributed by atoms with Gasteiger partial charge in [-0.2, -0.15) is 0 Å². The number of rotatable bonds is 5. The van der Waals surface area contributed by atoms with Gasteiger partial charge < -0.3 is 29.1 Å². The highest BCUT2D eigenvalue weighted by Gasteiger charge is 2.31. The Morgan fingerprint density at radius 1 is 1.02 bits per heavy atom. The smallest absolute Gasteiger partial charge is 0.410 e. The maximum atomic E-state index is 13.8. The van der Waals surface area contributed by atoms with Crippen molar-refractivity contribution < 1.29 is 28.7 Å². The molecule has 1 atom stereocenters. The molecule has 0 saturated heterocycles. The fraction of sp³-hybridized carbons (Fsp3) is 0.559. The Morgan fingerprint density at radius 3 is 2.40 bits per heavy atom. The van der Waals surface area contributed by atoms with Crippen LogP contribution in [0.5, 0.6) is 5.75 Å². The Bertz CT molecular complexity index is 1310. The highest BCUT2D eigenvalue weighted by atomic mass is 16.6. The molecular weight excluding hydrogens is 574 g/mol. The lowest BCUT2D eigenvalue weighted by Gasteiger charge is -2.32. The largest absolute Gasteiger partial charge is 0.493 e. The van der Waals surface area contributed by atoms with Crippen molar-refractivity contribution in [2.24, 2.45) is 0 Å². The molecule has 4 amide bonds. The molecule has 0 saturated carbocycles. The van der Waals surface area contributed by atoms with Gasteiger partial charge in [-0.05, 0) is 84.1 Å². The van der Waals surface area contributed by atoms with Gasteiger partial charge in [0.2, 0.25) is 5.91 Å². The van der Waals surface area contributed by atoms with Crippen LogP contribution in [0.15, 0.2) is 42.6 Å². The number of para-hydroxylation sites is 1. The van der Waals surface area contributed by atoms with Gasteiger partial charge in [0.05, 0.1) is 17.7 Å². The van der Waals surface area contributed by atoms with E-state index in [9.17, 15) is 19.2 Å². The molecule has 11 heteroatoms. The second kappa shape index (κ2) is 16.2. The van der Waals surface area contributed by atoms with E-state index in [2.05, 4.69) is 4.98 Å². The molecule has 3 rings (SSSR count). The molecule has 246 valence electrons. The first kappa shape index (κ1) is 35.3. The second-order valence-corrected chi connectivity index (χ2v) is 12.6. The molecule has 0 spiro atoms. The first-order valence-corrected chi connectivity index (χ1v) is 15.7. The molecule has 0 N–H and O–H groups in total. The van der Waals surface area contributed by atoms with Crippen LogP contribution >= 0.6 is 0 Å². The zero-order chi connectivity index (χ0) is 33.1. The quantitative estimate of drug-likeness (QED) is 0.477. The highest BCUT2D eigenvalue weighted by Crippen LogP contribution is 2.23. The number of ether oxygens (including phenoxy) is 2. The molecule has 45 heavy (non-hydrogen) atoms. The zero-order valence-electron chi connectivity index (χ0n) is 27.9. The number of benzene rings is 1. The Kier molecular flexibility index (Phi) is 12.8. The maximum Gasteiger partial charge on any atom is 0.410 e. The molecule has 11 nitrogen and oxygen atoms in total. The van der Waals surface area contributed by atoms with Crippen molar-refractivity contribution in [1.29, 1.82) is 0 Å². The molecule has 1 aliphatic rings. The fourth-order valence-electron chi connectivity index (χ4n) is 5.10. The summed E-state index contributed by atoms with van der Waals surface area (Å²) in [7, 11) is 5.10. The summed E-state index contributed by atoms with van der Waals surface area (Å²) in [4.78, 5) is 64.1. The zero-order valence-corrected chi connectivity index (χ0v) is 27.9. The Balaban J connectivity index is 1.78. The lowest BCUT2D eigenvalue weighted by molar-refractivity contribution is -0.134. The van der Waals surface area contributed by atoms with Crippen LogP contribution in [-0.2, 0) is 9.53 Å². The minimum absolute atomic E-state index is 0.153. The van der Waals surface area contributed by atoms with Gasteiger partial charge >= 0.3 is 6.09 Å². The van der Waals surface area contributed by atoms with E-state index in [-0.39, 0.29) is 23.8 Å². The monoisotopic (exact) mass is 623 g/mol. The number of pyridine rings is 1. The minimum atomic E-state index is -0.744. The van der Waals surface area contributed by atoms with Gasteiger partial charge in [0, 0.05) is 59.2 Å². The number of aryl methyl sites for hydroxylation is 1. The van der Waals surface area contributed by atoms with Crippen LogP contribution in [0.1, 0.15) is 79.3 Å². The van der Waals surface area contributed by atoms with Crippen molar-refractivity contribution in [1.82, 2.24) is 24.6 Å². The molecule has 1 aromatic carbocycles. The van der Waals surface area contributed by atoms with Gasteiger partial charge in [0.15, 0.2) is 0 Å². The van der Waals surface area contributed by atoms with E-state index in [4.69, 9.17) is 9.47 Å². The van der Waals surface area contributed by atoms with Crippen molar-refractivity contribution in [2.45, 2.75) is 71.4 Å². The van der Waals surface area contributed by atoms with Crippen LogP contribution in [-0.4, -0.2) is 114 Å². The number of likely N-dealkylation sites (N-methyl/N-ethyl adjacent to an activating group) is 2. The SMILES string of the molecule is Cc1ccc(C(=O)N(C)CCC[C@H]2C(=O)N(C)CCCCN(C(=O)OC(C)(C)C)CCCOc3ccccc3C(=O)N2C)cn1. The second-order valence-electron chi connectivity index (χ2n) is 12.6. The van der Waals surface area contributed by atoms with Crippen molar-refractivity contribution >= 4 is 23.8 Å². The van der Waals surface area contributed by atoms with Crippen LogP contribution < -0.4 is 4.74 Å². The maximum absolute atomic E-state index is 13.8. The van der Waals surface area contributed by atoms with Gasteiger partial charge in [0.25, 0.3) is 11.8 Å². The Hall–Kier alpha value is -4.15. The lowest BCUT2D eigenvalue weighted by atomic mass is 10.1. The van der Waals surface area contributed by atoms with Crippen molar-refractivity contribution in [2.75, 3.05) is 53.9 Å². The normalized spacial score (nSPS) is 17.4. The van der Waals surface area contributed by atoms with Gasteiger partial charge in [-0.25, -0.2) is 4.79 Å². The first-order valence-electron chi connectivity index (χ1n) is 15.7. The number of fused-ring (bicyclic) bond motifs is 1. The summed E-state index contributed by atoms with van der Waals surface area (Å²) >= 11 is 0. The summed E-state index contributed by atoms with van der Waals surface area (Å²) in [6.07, 6.45) is 3.97. The number of carbonyl (C=O) groups excluding carboxylic acids is 4. The summed E-state index contributed by atoms with van der Waals surface area (Å²) in [5, 5.41) is 0. The van der Waals surface area contributed by atoms with Crippen LogP contribution in [0.25, 0.3) is 0 Å². The number of carbonyl (C=O) groups is 4. The summed E-state index contributed by atoms with van der Waals surface area (Å²) in [6.45, 7) is 9.49. The van der Waals surface area contributed by atoms with Crippen molar-refractivity contribution in [3.8, 4) is 5.75 Å². The average Bonchev–Trinajstić information content (AvgIpc) is 3.00. The number of hydrogen-bond acceptors (Lipinski definition) is 7. The number of aromatic nitrogens is 1. The molecule has 0 unspecified atom stereocenters. The number of hydrogen-bond donors (Lipinski definition) is 0. The van der Waals surface area contributed by atoms with Gasteiger partial charge in [0.1, 0.15) is 17.4 Å². The molecular formula is C34H49N5O6. The Labute approximate surface area is 267 Å². The van der Waals surface area contributed by atoms with Crippen LogP contribution in [0.2, 0.25) is 0 Å². The van der Waals surface area contributed by atoms with E-state index in [1.54, 1.807) is 78.4 Å². The number of amides is 4. The van der Waals surface area contributed by atoms with Gasteiger partial charge in [-0.1, -0.05) is 12.1 Å². The third kappa shape index (κ3) is 10.5. The standard InChI is InChI=1S/C34H49N5O6/c1-25-17-18-26(24-35-25)30(40)36(5)20-12-15-28-32(42)37(6)19-10-11-21-39(33(43)45-34(2,3)4)22-13-23-44-29-16-9-8-14-27(29)31(41)38(28)7/h8-9,14,16-18,24,28H,10-13,15,19-23H2,1-7H3/t28-/m0/s1. The number of nitrogens with zero attached hydrogens (tertiary/aromatic N) is 5. The molecule has 2 heterocycles. The van der Waals surface area contributed by atoms with Gasteiger partial charge in [-0.3, -0.25) is 19.4 Å². The van der Waals surface area contributed by atoms with Crippen LogP contribution in [0, 0.1) is 6.92 Å². The summed E-state index contributed by atoms with van der Waals surface area (Å²) < 4.78 is 11.7. The van der Waals surface area contributed by atoms with E-state index in [0.29, 0.717) is 81.8 Å². The molecule has 1 aliphatic heterocycles. The summed E-state index contributed by atoms with van der Waals surface area (Å²) in [5.74, 6) is -0.242. The molecule has 0 radical (unpaired) electrons. The van der Waals surface area contributed by atoms with Crippen LogP contribution in [0.3, 0.4) is 0 Å². The predicted octanol–water partition coefficient (Wildman–Crippen LogP) is 4.64. The molecule has 0 bridgehead atoms. The van der Waals surface area contributed by atoms with Crippen molar-refractivity contribution in [3.05, 3.63) is 59.4 Å². The van der Waals surface area contributed by atoms with E-state index in [0.717, 1.165) is 5.69 Å².